The topological polar surface area (TPSA) is 127 Å². The summed E-state index contributed by atoms with van der Waals surface area (Å²) in [7, 11) is 0. The van der Waals surface area contributed by atoms with Gasteiger partial charge in [-0.15, -0.1) is 0 Å². The zero-order valence-electron chi connectivity index (χ0n) is 13.5. The number of nitrogens with zero attached hydrogens (tertiary/aromatic N) is 6. The van der Waals surface area contributed by atoms with E-state index in [1.165, 1.54) is 15.8 Å². The predicted octanol–water partition coefficient (Wildman–Crippen LogP) is 0.546. The van der Waals surface area contributed by atoms with Crippen LogP contribution in [0.5, 0.6) is 0 Å². The Morgan fingerprint density at radius 1 is 1.35 bits per heavy atom. The number of carboxylic acid groups (broad SMARTS) is 1. The van der Waals surface area contributed by atoms with Crippen molar-refractivity contribution in [2.75, 3.05) is 13.1 Å². The smallest absolute Gasteiger partial charge is 0.407 e. The molecule has 5 rings (SSSR count). The molecule has 3 aromatic rings. The second kappa shape index (κ2) is 5.35. The van der Waals surface area contributed by atoms with Crippen LogP contribution in [0.4, 0.5) is 4.79 Å². The van der Waals surface area contributed by atoms with Crippen molar-refractivity contribution in [1.29, 1.82) is 0 Å². The maximum Gasteiger partial charge on any atom is 0.407 e. The lowest BCUT2D eigenvalue weighted by molar-refractivity contribution is 0.149. The monoisotopic (exact) mass is 354 g/mol. The van der Waals surface area contributed by atoms with Crippen molar-refractivity contribution in [3.05, 3.63) is 46.6 Å². The van der Waals surface area contributed by atoms with E-state index < -0.39 is 6.09 Å². The van der Waals surface area contributed by atoms with Crippen molar-refractivity contribution < 1.29 is 14.4 Å². The molecule has 2 aliphatic rings. The highest BCUT2D eigenvalue weighted by atomic mass is 16.5. The fraction of sp³-hybridized carbons (Fsp3) is 0.375. The van der Waals surface area contributed by atoms with Crippen LogP contribution in [-0.4, -0.2) is 54.1 Å². The lowest BCUT2D eigenvalue weighted by atomic mass is 10.2. The first-order valence-corrected chi connectivity index (χ1v) is 8.23. The first-order valence-electron chi connectivity index (χ1n) is 8.23. The molecule has 10 nitrogen and oxygen atoms in total. The summed E-state index contributed by atoms with van der Waals surface area (Å²) < 4.78 is 6.54. The van der Waals surface area contributed by atoms with Crippen molar-refractivity contribution >= 4 is 17.0 Å². The molecule has 2 fully saturated rings. The van der Waals surface area contributed by atoms with Gasteiger partial charge >= 0.3 is 6.09 Å². The number of hydrogen-bond acceptors (Lipinski definition) is 7. The van der Waals surface area contributed by atoms with Crippen LogP contribution >= 0.6 is 0 Å². The summed E-state index contributed by atoms with van der Waals surface area (Å²) in [6, 6.07) is 3.40. The summed E-state index contributed by atoms with van der Waals surface area (Å²) >= 11 is 0. The van der Waals surface area contributed by atoms with Gasteiger partial charge in [-0.3, -0.25) is 9.78 Å². The van der Waals surface area contributed by atoms with Gasteiger partial charge in [-0.05, 0) is 24.0 Å². The van der Waals surface area contributed by atoms with Gasteiger partial charge in [0.25, 0.3) is 5.56 Å². The molecule has 1 aliphatic carbocycles. The molecule has 26 heavy (non-hydrogen) atoms. The molecule has 1 saturated carbocycles. The Morgan fingerprint density at radius 3 is 2.92 bits per heavy atom. The van der Waals surface area contributed by atoms with Crippen LogP contribution in [0.3, 0.4) is 0 Å². The molecule has 1 saturated heterocycles. The normalized spacial score (nSPS) is 24.0. The number of rotatable bonds is 3. The highest BCUT2D eigenvalue weighted by Gasteiger charge is 2.59. The molecule has 1 N–H and O–H groups in total. The molecule has 0 spiro atoms. The van der Waals surface area contributed by atoms with E-state index in [2.05, 4.69) is 20.2 Å². The number of amides is 1. The van der Waals surface area contributed by atoms with E-state index in [9.17, 15) is 9.59 Å². The lowest BCUT2D eigenvalue weighted by Gasteiger charge is -2.14. The molecule has 1 amide bonds. The highest BCUT2D eigenvalue weighted by molar-refractivity contribution is 5.75. The van der Waals surface area contributed by atoms with Crippen LogP contribution in [0.1, 0.15) is 17.6 Å². The predicted molar refractivity (Wildman–Crippen MR) is 86.5 cm³/mol. The molecule has 132 valence electrons. The number of likely N-dealkylation sites (tertiary alicyclic amines) is 1. The van der Waals surface area contributed by atoms with E-state index in [-0.39, 0.29) is 29.9 Å². The van der Waals surface area contributed by atoms with Crippen molar-refractivity contribution in [3.8, 4) is 0 Å². The van der Waals surface area contributed by atoms with Crippen LogP contribution in [-0.2, 0) is 6.54 Å². The van der Waals surface area contributed by atoms with Crippen molar-refractivity contribution in [1.82, 2.24) is 29.8 Å². The third-order valence-electron chi connectivity index (χ3n) is 5.15. The van der Waals surface area contributed by atoms with Crippen LogP contribution in [0.15, 0.2) is 33.8 Å². The lowest BCUT2D eigenvalue weighted by Crippen LogP contribution is -2.29. The van der Waals surface area contributed by atoms with E-state index in [0.717, 1.165) is 0 Å². The molecule has 0 aromatic carbocycles. The maximum atomic E-state index is 12.5. The number of carbonyl (C=O) groups is 1. The summed E-state index contributed by atoms with van der Waals surface area (Å²) in [6.45, 7) is 1.10. The number of pyridine rings is 1. The molecule has 0 bridgehead atoms. The summed E-state index contributed by atoms with van der Waals surface area (Å²) in [4.78, 5) is 33.3. The minimum atomic E-state index is -0.888. The molecular formula is C16H14N6O4. The molecule has 10 heteroatoms. The Hall–Kier alpha value is -3.30. The zero-order chi connectivity index (χ0) is 17.8. The molecule has 0 radical (unpaired) electrons. The summed E-state index contributed by atoms with van der Waals surface area (Å²) in [6.07, 6.45) is 2.25. The number of fused-ring (bicyclic) bond motifs is 2. The van der Waals surface area contributed by atoms with E-state index >= 15 is 0 Å². The molecule has 3 atom stereocenters. The van der Waals surface area contributed by atoms with Gasteiger partial charge in [0.2, 0.25) is 5.89 Å². The maximum absolute atomic E-state index is 12.5. The molecule has 3 aromatic heterocycles. The Morgan fingerprint density at radius 2 is 2.15 bits per heavy atom. The Balaban J connectivity index is 1.34. The van der Waals surface area contributed by atoms with E-state index in [1.807, 2.05) is 0 Å². The van der Waals surface area contributed by atoms with Gasteiger partial charge in [0, 0.05) is 25.2 Å². The second-order valence-corrected chi connectivity index (χ2v) is 6.63. The summed E-state index contributed by atoms with van der Waals surface area (Å²) in [5.41, 5.74) is 0.268. The minimum Gasteiger partial charge on any atom is -0.465 e. The van der Waals surface area contributed by atoms with Gasteiger partial charge in [-0.25, -0.2) is 9.48 Å². The highest BCUT2D eigenvalue weighted by Crippen LogP contribution is 2.57. The van der Waals surface area contributed by atoms with Crippen LogP contribution in [0, 0.1) is 11.8 Å². The second-order valence-electron chi connectivity index (χ2n) is 6.63. The van der Waals surface area contributed by atoms with Crippen molar-refractivity contribution in [2.45, 2.75) is 12.5 Å². The average molecular weight is 354 g/mol. The Bertz CT molecular complexity index is 1060. The number of piperidine rings is 1. The largest absolute Gasteiger partial charge is 0.465 e. The molecule has 0 unspecified atom stereocenters. The van der Waals surface area contributed by atoms with E-state index in [0.29, 0.717) is 35.7 Å². The standard InChI is InChI=1S/C16H14N6O4/c23-15-8-2-1-3-17-11(8)4-18-22(15)7-12-19-14(20-26-12)13-9-5-21(16(24)25)6-10(9)13/h1-4,9-10,13H,5-7H2,(H,24,25)/t9-,10+,13+. The molecular weight excluding hydrogens is 340 g/mol. The third-order valence-corrected chi connectivity index (χ3v) is 5.15. The van der Waals surface area contributed by atoms with E-state index in [4.69, 9.17) is 9.63 Å². The Labute approximate surface area is 146 Å². The Kier molecular flexibility index (Phi) is 3.08. The quantitative estimate of drug-likeness (QED) is 0.722. The van der Waals surface area contributed by atoms with Crippen molar-refractivity contribution in [2.24, 2.45) is 11.8 Å². The fourth-order valence-electron chi connectivity index (χ4n) is 3.79. The van der Waals surface area contributed by atoms with Crippen LogP contribution < -0.4 is 5.56 Å². The molecule has 1 aliphatic heterocycles. The van der Waals surface area contributed by atoms with Gasteiger partial charge in [0.05, 0.1) is 17.1 Å². The van der Waals surface area contributed by atoms with Gasteiger partial charge in [-0.1, -0.05) is 5.16 Å². The average Bonchev–Trinajstić information content (AvgIpc) is 3.01. The summed E-state index contributed by atoms with van der Waals surface area (Å²) in [5.74, 6) is 1.52. The van der Waals surface area contributed by atoms with Crippen molar-refractivity contribution in [3.63, 3.8) is 0 Å². The molecule has 4 heterocycles. The third kappa shape index (κ3) is 2.25. The van der Waals surface area contributed by atoms with Gasteiger partial charge < -0.3 is 14.5 Å². The number of hydrogen-bond donors (Lipinski definition) is 1. The van der Waals surface area contributed by atoms with Gasteiger partial charge in [0.1, 0.15) is 6.54 Å². The van der Waals surface area contributed by atoms with E-state index in [1.54, 1.807) is 18.3 Å². The van der Waals surface area contributed by atoms with Crippen LogP contribution in [0.2, 0.25) is 0 Å². The zero-order valence-corrected chi connectivity index (χ0v) is 13.5. The fourth-order valence-corrected chi connectivity index (χ4v) is 3.79. The van der Waals surface area contributed by atoms with Gasteiger partial charge in [-0.2, -0.15) is 10.1 Å². The first-order chi connectivity index (χ1) is 12.6. The summed E-state index contributed by atoms with van der Waals surface area (Å²) in [5, 5.41) is 17.6. The number of aromatic nitrogens is 5. The SMILES string of the molecule is O=C(O)N1C[C@@H]2[C@H](C1)[C@H]2c1noc(Cn2ncc3ncccc3c2=O)n1. The van der Waals surface area contributed by atoms with Crippen LogP contribution in [0.25, 0.3) is 10.9 Å². The first kappa shape index (κ1) is 15.0. The minimum absolute atomic E-state index is 0.0833. The van der Waals surface area contributed by atoms with Gasteiger partial charge in [0.15, 0.2) is 5.82 Å².